The van der Waals surface area contributed by atoms with E-state index in [9.17, 15) is 9.59 Å². The minimum absolute atomic E-state index is 0.0536. The summed E-state index contributed by atoms with van der Waals surface area (Å²) in [5, 5.41) is 0. The van der Waals surface area contributed by atoms with Gasteiger partial charge in [-0.25, -0.2) is 4.79 Å². The minimum Gasteiger partial charge on any atom is -0.469 e. The van der Waals surface area contributed by atoms with Crippen LogP contribution in [0.4, 0.5) is 11.4 Å². The summed E-state index contributed by atoms with van der Waals surface area (Å²) in [5.41, 5.74) is 7.11. The van der Waals surface area contributed by atoms with Crippen molar-refractivity contribution in [1.29, 1.82) is 0 Å². The van der Waals surface area contributed by atoms with Crippen LogP contribution in [-0.2, 0) is 29.9 Å². The highest BCUT2D eigenvalue weighted by molar-refractivity contribution is 5.89. The Kier molecular flexibility index (Phi) is 5.69. The number of nitrogens with zero attached hydrogens (tertiary/aromatic N) is 4. The van der Waals surface area contributed by atoms with Crippen molar-refractivity contribution in [1.82, 2.24) is 9.80 Å². The van der Waals surface area contributed by atoms with Crippen molar-refractivity contribution in [3.05, 3.63) is 76.4 Å². The van der Waals surface area contributed by atoms with Crippen LogP contribution in [0.3, 0.4) is 0 Å². The largest absolute Gasteiger partial charge is 0.469 e. The molecule has 0 radical (unpaired) electrons. The van der Waals surface area contributed by atoms with Gasteiger partial charge in [0.25, 0.3) is 0 Å². The molecule has 5 bridgehead atoms. The molecule has 11 rings (SSSR count). The summed E-state index contributed by atoms with van der Waals surface area (Å²) in [6.45, 7) is 7.94. The lowest BCUT2D eigenvalue weighted by Crippen LogP contribution is -2.81. The van der Waals surface area contributed by atoms with E-state index >= 15 is 0 Å². The molecule has 2 aromatic rings. The molecule has 9 nitrogen and oxygen atoms in total. The second-order valence-corrected chi connectivity index (χ2v) is 16.5. The summed E-state index contributed by atoms with van der Waals surface area (Å²) in [4.78, 5) is 38.4. The third kappa shape index (κ3) is 2.95. The molecule has 6 fully saturated rings. The first-order valence-corrected chi connectivity index (χ1v) is 18.7. The number of hydrogen-bond acceptors (Lipinski definition) is 9. The van der Waals surface area contributed by atoms with E-state index in [1.165, 1.54) is 40.6 Å². The Morgan fingerprint density at radius 1 is 0.860 bits per heavy atom. The van der Waals surface area contributed by atoms with Crippen molar-refractivity contribution in [2.24, 2.45) is 17.8 Å². The van der Waals surface area contributed by atoms with Crippen molar-refractivity contribution in [2.45, 2.75) is 80.3 Å². The van der Waals surface area contributed by atoms with E-state index in [1.807, 2.05) is 0 Å². The number of fused-ring (bicyclic) bond motifs is 6. The Morgan fingerprint density at radius 3 is 2.38 bits per heavy atom. The van der Waals surface area contributed by atoms with Gasteiger partial charge in [0.2, 0.25) is 5.72 Å². The quantitative estimate of drug-likeness (QED) is 0.341. The van der Waals surface area contributed by atoms with Gasteiger partial charge in [0.05, 0.1) is 37.6 Å². The van der Waals surface area contributed by atoms with Gasteiger partial charge in [0.15, 0.2) is 0 Å². The zero-order valence-electron chi connectivity index (χ0n) is 29.6. The highest BCUT2D eigenvalue weighted by Crippen LogP contribution is 2.72. The summed E-state index contributed by atoms with van der Waals surface area (Å²) in [6.07, 6.45) is 8.12. The number of hydrogen-bond donors (Lipinski definition) is 0. The number of benzene rings is 2. The molecule has 8 heterocycles. The molecule has 9 heteroatoms. The zero-order chi connectivity index (χ0) is 34.1. The number of allylic oxidation sites excluding steroid dienone is 2. The standard InChI is InChI=1S/C41H46N4O5/c1-6-22-20-43-14-12-39-27-19-32-28(18-30(27)42(3)36(39)31(43)16-24(22)34(39)37(46)48-4)40-13-15-44-21-23(7-2)25-17-33(44)41(40,50-32)45(35(25)38(47)49-5)29-11-9-8-10-26(29)40/h6-11,18-19,24-25,31,33-36H,12-17,20-21H2,1-5H3. The van der Waals surface area contributed by atoms with E-state index in [1.54, 1.807) is 7.11 Å². The first-order chi connectivity index (χ1) is 24.3. The molecule has 260 valence electrons. The number of methoxy groups -OCH3 is 2. The molecule has 2 aromatic carbocycles. The number of likely N-dealkylation sites (N-methyl/N-ethyl adjacent to an activating group) is 1. The van der Waals surface area contributed by atoms with Crippen LogP contribution in [0.5, 0.6) is 5.75 Å². The average Bonchev–Trinajstić information content (AvgIpc) is 3.68. The van der Waals surface area contributed by atoms with E-state index in [-0.39, 0.29) is 47.2 Å². The van der Waals surface area contributed by atoms with Gasteiger partial charge in [0.1, 0.15) is 11.8 Å². The average molecular weight is 675 g/mol. The van der Waals surface area contributed by atoms with Crippen LogP contribution in [0.15, 0.2) is 59.7 Å². The maximum atomic E-state index is 14.1. The molecule has 1 aliphatic carbocycles. The summed E-state index contributed by atoms with van der Waals surface area (Å²) in [6, 6.07) is 13.7. The second kappa shape index (κ2) is 9.53. The van der Waals surface area contributed by atoms with E-state index < -0.39 is 17.2 Å². The number of rotatable bonds is 2. The first-order valence-electron chi connectivity index (χ1n) is 18.7. The Labute approximate surface area is 293 Å². The lowest BCUT2D eigenvalue weighted by molar-refractivity contribution is -0.158. The molecular formula is C41H46N4O5. The van der Waals surface area contributed by atoms with Crippen molar-refractivity contribution >= 4 is 23.3 Å². The van der Waals surface area contributed by atoms with Gasteiger partial charge in [-0.2, -0.15) is 0 Å². The second-order valence-electron chi connectivity index (χ2n) is 16.5. The third-order valence-electron chi connectivity index (χ3n) is 15.5. The Bertz CT molecular complexity index is 1970. The summed E-state index contributed by atoms with van der Waals surface area (Å²) < 4.78 is 19.0. The molecule has 10 unspecified atom stereocenters. The van der Waals surface area contributed by atoms with Gasteiger partial charge in [-0.1, -0.05) is 41.5 Å². The number of piperidine rings is 5. The van der Waals surface area contributed by atoms with Crippen LogP contribution in [0.1, 0.15) is 56.2 Å². The maximum absolute atomic E-state index is 14.1. The van der Waals surface area contributed by atoms with Crippen LogP contribution >= 0.6 is 0 Å². The number of anilines is 2. The number of carbonyl (C=O) groups is 2. The van der Waals surface area contributed by atoms with E-state index in [0.29, 0.717) is 6.04 Å². The smallest absolute Gasteiger partial charge is 0.329 e. The number of para-hydroxylation sites is 1. The fraction of sp³-hybridized carbons (Fsp3) is 0.561. The molecule has 0 amide bonds. The van der Waals surface area contributed by atoms with Crippen molar-refractivity contribution in [3.8, 4) is 5.75 Å². The van der Waals surface area contributed by atoms with Crippen LogP contribution in [0.25, 0.3) is 0 Å². The molecule has 0 N–H and O–H groups in total. The fourth-order valence-electron chi connectivity index (χ4n) is 13.9. The molecule has 9 aliphatic rings. The molecule has 50 heavy (non-hydrogen) atoms. The monoisotopic (exact) mass is 674 g/mol. The Balaban J connectivity index is 1.16. The van der Waals surface area contributed by atoms with E-state index in [0.717, 1.165) is 63.3 Å². The van der Waals surface area contributed by atoms with Crippen LogP contribution in [0, 0.1) is 17.8 Å². The van der Waals surface area contributed by atoms with Crippen LogP contribution in [0.2, 0.25) is 0 Å². The van der Waals surface area contributed by atoms with Crippen molar-refractivity contribution in [3.63, 3.8) is 0 Å². The Hall–Kier alpha value is -3.82. The molecule has 5 saturated heterocycles. The maximum Gasteiger partial charge on any atom is 0.329 e. The van der Waals surface area contributed by atoms with E-state index in [4.69, 9.17) is 14.2 Å². The summed E-state index contributed by atoms with van der Waals surface area (Å²) in [7, 11) is 5.35. The molecule has 8 aliphatic heterocycles. The lowest BCUT2D eigenvalue weighted by atomic mass is 9.50. The van der Waals surface area contributed by atoms with Crippen molar-refractivity contribution in [2.75, 3.05) is 57.2 Å². The fourth-order valence-corrected chi connectivity index (χ4v) is 13.9. The summed E-state index contributed by atoms with van der Waals surface area (Å²) >= 11 is 0. The number of ether oxygens (including phenoxy) is 3. The predicted molar refractivity (Wildman–Crippen MR) is 188 cm³/mol. The van der Waals surface area contributed by atoms with Gasteiger partial charge in [0, 0.05) is 61.0 Å². The number of carbonyl (C=O) groups excluding carboxylic acids is 2. The highest BCUT2D eigenvalue weighted by Gasteiger charge is 2.80. The minimum atomic E-state index is -0.789. The number of esters is 2. The van der Waals surface area contributed by atoms with Crippen molar-refractivity contribution < 1.29 is 23.8 Å². The van der Waals surface area contributed by atoms with Gasteiger partial charge >= 0.3 is 11.9 Å². The third-order valence-corrected chi connectivity index (χ3v) is 15.5. The van der Waals surface area contributed by atoms with E-state index in [2.05, 4.69) is 89.0 Å². The van der Waals surface area contributed by atoms with Crippen LogP contribution < -0.4 is 14.5 Å². The van der Waals surface area contributed by atoms with Gasteiger partial charge in [-0.15, -0.1) is 0 Å². The summed E-state index contributed by atoms with van der Waals surface area (Å²) in [5.74, 6) is 0.602. The molecule has 0 aromatic heterocycles. The normalized spacial score (nSPS) is 42.5. The zero-order valence-corrected chi connectivity index (χ0v) is 29.6. The van der Waals surface area contributed by atoms with Gasteiger partial charge in [-0.3, -0.25) is 14.6 Å². The first kappa shape index (κ1) is 29.9. The van der Waals surface area contributed by atoms with Gasteiger partial charge in [-0.05, 0) is 81.3 Å². The molecular weight excluding hydrogens is 628 g/mol. The van der Waals surface area contributed by atoms with Crippen LogP contribution in [-0.4, -0.2) is 99.1 Å². The highest BCUT2D eigenvalue weighted by atomic mass is 16.5. The Morgan fingerprint density at radius 2 is 1.60 bits per heavy atom. The SMILES string of the molecule is CC=C1CN2CCC34c5cc6c(cc5OC35C2CC1C(C(=O)OC)N5c1ccccc14)C12CCN3CC(=CC)C(CC3C1N6C)C2C(=O)OC. The molecule has 1 saturated carbocycles. The van der Waals surface area contributed by atoms with Gasteiger partial charge < -0.3 is 24.0 Å². The molecule has 10 atom stereocenters. The lowest BCUT2D eigenvalue weighted by Gasteiger charge is -2.64. The predicted octanol–water partition coefficient (Wildman–Crippen LogP) is 4.38. The molecule has 1 spiro atoms. The topological polar surface area (TPSA) is 74.8 Å².